The van der Waals surface area contributed by atoms with E-state index in [2.05, 4.69) is 21.3 Å². The molecule has 0 aromatic rings. The first-order valence-electron chi connectivity index (χ1n) is 19.3. The van der Waals surface area contributed by atoms with Gasteiger partial charge in [-0.1, -0.05) is 38.5 Å². The Labute approximate surface area is 315 Å². The van der Waals surface area contributed by atoms with E-state index >= 15 is 0 Å². The van der Waals surface area contributed by atoms with Gasteiger partial charge in [0.15, 0.2) is 9.84 Å². The molecule has 8 N–H and O–H groups in total. The van der Waals surface area contributed by atoms with Crippen molar-refractivity contribution in [3.8, 4) is 0 Å². The summed E-state index contributed by atoms with van der Waals surface area (Å²) in [5.74, 6) is -0.690. The van der Waals surface area contributed by atoms with E-state index in [1.165, 1.54) is 4.90 Å². The van der Waals surface area contributed by atoms with Gasteiger partial charge < -0.3 is 37.6 Å². The summed E-state index contributed by atoms with van der Waals surface area (Å²) in [4.78, 5) is 70.7. The Balaban J connectivity index is 1.26. The Morgan fingerprint density at radius 3 is 2.10 bits per heavy atom. The molecule has 0 aromatic carbocycles. The number of likely N-dealkylation sites (tertiary alicyclic amines) is 1. The lowest BCUT2D eigenvalue weighted by Crippen LogP contribution is -2.69. The average Bonchev–Trinajstić information content (AvgIpc) is 3.75. The van der Waals surface area contributed by atoms with Crippen molar-refractivity contribution in [3.05, 3.63) is 0 Å². The highest BCUT2D eigenvalue weighted by atomic mass is 32.2. The lowest BCUT2D eigenvalue weighted by atomic mass is 9.76. The van der Waals surface area contributed by atoms with E-state index in [-0.39, 0.29) is 31.3 Å². The van der Waals surface area contributed by atoms with E-state index in [9.17, 15) is 32.4 Å². The summed E-state index contributed by atoms with van der Waals surface area (Å²) in [6.45, 7) is 0.313. The number of amides is 5. The molecule has 5 amide bonds. The molecule has 14 nitrogen and oxygen atoms in total. The molecular formula is C35H57N7O7S3. The minimum Gasteiger partial charge on any atom is -0.347 e. The van der Waals surface area contributed by atoms with Crippen LogP contribution in [-0.4, -0.2) is 118 Å². The molecule has 0 aromatic heterocycles. The van der Waals surface area contributed by atoms with Crippen LogP contribution in [0.4, 0.5) is 4.79 Å². The number of carbonyl (C=O) groups is 5. The third kappa shape index (κ3) is 8.73. The molecular weight excluding hydrogens is 727 g/mol. The summed E-state index contributed by atoms with van der Waals surface area (Å²) in [6, 6.07) is -3.95. The van der Waals surface area contributed by atoms with Crippen molar-refractivity contribution in [1.82, 2.24) is 26.2 Å². The highest BCUT2D eigenvalue weighted by molar-refractivity contribution is 8.18. The van der Waals surface area contributed by atoms with Crippen molar-refractivity contribution >= 4 is 62.9 Å². The number of sulfone groups is 1. The first-order chi connectivity index (χ1) is 24.8. The Kier molecular flexibility index (Phi) is 12.4. The van der Waals surface area contributed by atoms with Crippen molar-refractivity contribution in [2.24, 2.45) is 11.5 Å². The molecule has 6 rings (SSSR count). The molecule has 3 heterocycles. The third-order valence-corrected chi connectivity index (χ3v) is 17.8. The minimum atomic E-state index is -3.39. The number of urea groups is 1. The molecule has 3 saturated carbocycles. The Morgan fingerprint density at radius 1 is 0.846 bits per heavy atom. The zero-order valence-corrected chi connectivity index (χ0v) is 32.6. The molecule has 52 heavy (non-hydrogen) atoms. The molecule has 0 radical (unpaired) electrons. The SMILES string of the molecule is NCC[C@@H](NC(=O)[C@@H]1CC2(CN1C(=O)[C@@H](NC(=O)NC1([C@@H]3CCCS3(=O)=O)CCCCC1)C1(N)CCCCC1)SCCCS2)C(=O)C(=O)NC1CC1. The van der Waals surface area contributed by atoms with E-state index < -0.39 is 77.9 Å². The smallest absolute Gasteiger partial charge is 0.315 e. The zero-order valence-electron chi connectivity index (χ0n) is 30.1. The van der Waals surface area contributed by atoms with Crippen molar-refractivity contribution in [2.75, 3.05) is 30.3 Å². The zero-order chi connectivity index (χ0) is 37.1. The number of nitrogens with one attached hydrogen (secondary N) is 4. The lowest BCUT2D eigenvalue weighted by Gasteiger charge is -2.45. The topological polar surface area (TPSA) is 223 Å². The Bertz CT molecular complexity index is 1470. The fraction of sp³-hybridized carbons (Fsp3) is 0.857. The van der Waals surface area contributed by atoms with Crippen LogP contribution in [0.25, 0.3) is 0 Å². The van der Waals surface area contributed by atoms with Crippen LogP contribution in [0.5, 0.6) is 0 Å². The maximum absolute atomic E-state index is 15.0. The fourth-order valence-electron chi connectivity index (χ4n) is 9.11. The highest BCUT2D eigenvalue weighted by Gasteiger charge is 2.55. The van der Waals surface area contributed by atoms with Gasteiger partial charge >= 0.3 is 6.03 Å². The summed E-state index contributed by atoms with van der Waals surface area (Å²) in [5.41, 5.74) is 10.9. The summed E-state index contributed by atoms with van der Waals surface area (Å²) >= 11 is 3.43. The Hall–Kier alpha value is -2.08. The first kappa shape index (κ1) is 39.6. The predicted molar refractivity (Wildman–Crippen MR) is 202 cm³/mol. The number of ketones is 1. The van der Waals surface area contributed by atoms with Crippen LogP contribution in [0.15, 0.2) is 0 Å². The molecule has 6 aliphatic rings. The normalized spacial score (nSPS) is 28.7. The van der Waals surface area contributed by atoms with Crippen LogP contribution < -0.4 is 32.7 Å². The lowest BCUT2D eigenvalue weighted by molar-refractivity contribution is -0.143. The third-order valence-electron chi connectivity index (χ3n) is 12.1. The van der Waals surface area contributed by atoms with E-state index in [4.69, 9.17) is 11.5 Å². The van der Waals surface area contributed by atoms with Gasteiger partial charge in [-0.25, -0.2) is 13.2 Å². The maximum Gasteiger partial charge on any atom is 0.315 e. The van der Waals surface area contributed by atoms with Gasteiger partial charge in [-0.2, -0.15) is 0 Å². The summed E-state index contributed by atoms with van der Waals surface area (Å²) in [6.07, 6.45) is 11.2. The van der Waals surface area contributed by atoms with Crippen molar-refractivity contribution in [1.29, 1.82) is 0 Å². The largest absolute Gasteiger partial charge is 0.347 e. The number of hydrogen-bond acceptors (Lipinski definition) is 11. The average molecular weight is 784 g/mol. The van der Waals surface area contributed by atoms with Gasteiger partial charge in [0, 0.05) is 24.5 Å². The summed E-state index contributed by atoms with van der Waals surface area (Å²) in [5, 5.41) is 10.9. The van der Waals surface area contributed by atoms with Crippen LogP contribution in [0.2, 0.25) is 0 Å². The molecule has 1 spiro atoms. The molecule has 0 bridgehead atoms. The van der Waals surface area contributed by atoms with Gasteiger partial charge in [-0.3, -0.25) is 19.2 Å². The molecule has 4 atom stereocenters. The quantitative estimate of drug-likeness (QED) is 0.156. The fourth-order valence-corrected chi connectivity index (χ4v) is 14.8. The van der Waals surface area contributed by atoms with E-state index in [1.54, 1.807) is 23.5 Å². The number of rotatable bonds is 12. The second-order valence-corrected chi connectivity index (χ2v) is 21.5. The van der Waals surface area contributed by atoms with Crippen LogP contribution in [0, 0.1) is 0 Å². The van der Waals surface area contributed by atoms with Crippen LogP contribution >= 0.6 is 23.5 Å². The van der Waals surface area contributed by atoms with Crippen LogP contribution in [0.3, 0.4) is 0 Å². The number of thioether (sulfide) groups is 2. The second-order valence-electron chi connectivity index (χ2n) is 15.9. The monoisotopic (exact) mass is 783 g/mol. The molecule has 292 valence electrons. The maximum atomic E-state index is 15.0. The standard InChI is InChI=1S/C35H57N7O7S3/c36-17-12-24(27(43)30(45)38-23-10-11-23)39-29(44)25-21-35(50-18-8-19-51-35)22-42(25)31(46)28(33(37)13-3-1-4-14-33)40-32(47)41-34(15-5-2-6-16-34)26-9-7-20-52(26,48)49/h23-26,28H,1-22,36-37H2,(H,38,45)(H,39,44)(H2,40,41,47)/t24-,25+,26+,28-/m1/s1. The number of nitrogens with two attached hydrogens (primary N) is 2. The van der Waals surface area contributed by atoms with Gasteiger partial charge in [0.05, 0.1) is 26.7 Å². The summed E-state index contributed by atoms with van der Waals surface area (Å²) < 4.78 is 25.9. The molecule has 3 aliphatic heterocycles. The van der Waals surface area contributed by atoms with Crippen molar-refractivity contribution in [2.45, 2.75) is 154 Å². The van der Waals surface area contributed by atoms with Gasteiger partial charge in [-0.05, 0) is 82.3 Å². The van der Waals surface area contributed by atoms with E-state index in [1.807, 2.05) is 0 Å². The van der Waals surface area contributed by atoms with Crippen LogP contribution in [0.1, 0.15) is 109 Å². The van der Waals surface area contributed by atoms with Gasteiger partial charge in [0.2, 0.25) is 17.6 Å². The molecule has 3 aliphatic carbocycles. The summed E-state index contributed by atoms with van der Waals surface area (Å²) in [7, 11) is -3.39. The molecule has 3 saturated heterocycles. The van der Waals surface area contributed by atoms with Gasteiger partial charge in [0.25, 0.3) is 5.91 Å². The number of nitrogens with zero attached hydrogens (tertiary/aromatic N) is 1. The van der Waals surface area contributed by atoms with E-state index in [0.717, 1.165) is 69.3 Å². The highest BCUT2D eigenvalue weighted by Crippen LogP contribution is 2.51. The van der Waals surface area contributed by atoms with Crippen molar-refractivity contribution < 1.29 is 32.4 Å². The van der Waals surface area contributed by atoms with Gasteiger partial charge in [-0.15, -0.1) is 23.5 Å². The van der Waals surface area contributed by atoms with Crippen molar-refractivity contribution in [3.63, 3.8) is 0 Å². The van der Waals surface area contributed by atoms with Crippen LogP contribution in [-0.2, 0) is 29.0 Å². The number of hydrogen-bond donors (Lipinski definition) is 6. The second kappa shape index (κ2) is 16.3. The molecule has 6 fully saturated rings. The number of Topliss-reactive ketones (excluding diaryl/α,β-unsaturated/α-hetero) is 1. The van der Waals surface area contributed by atoms with Gasteiger partial charge in [0.1, 0.15) is 12.1 Å². The predicted octanol–water partition coefficient (Wildman–Crippen LogP) is 1.44. The molecule has 17 heteroatoms. The first-order valence-corrected chi connectivity index (χ1v) is 23.0. The Morgan fingerprint density at radius 2 is 1.50 bits per heavy atom. The molecule has 0 unspecified atom stereocenters. The van der Waals surface area contributed by atoms with E-state index in [0.29, 0.717) is 44.9 Å². The minimum absolute atomic E-state index is 0.0330. The number of carbonyl (C=O) groups excluding carboxylic acids is 5.